The summed E-state index contributed by atoms with van der Waals surface area (Å²) in [6, 6.07) is 7.70. The number of hydrogen-bond acceptors (Lipinski definition) is 2. The van der Waals surface area contributed by atoms with Crippen molar-refractivity contribution in [1.29, 1.82) is 0 Å². The number of amides is 1. The van der Waals surface area contributed by atoms with Gasteiger partial charge < -0.3 is 10.6 Å². The van der Waals surface area contributed by atoms with Crippen LogP contribution in [0.3, 0.4) is 0 Å². The van der Waals surface area contributed by atoms with Gasteiger partial charge in [0.1, 0.15) is 6.04 Å². The Morgan fingerprint density at radius 2 is 2.31 bits per heavy atom. The smallest absolute Gasteiger partial charge is 0.242 e. The van der Waals surface area contributed by atoms with Crippen molar-refractivity contribution in [3.63, 3.8) is 0 Å². The van der Waals surface area contributed by atoms with Crippen molar-refractivity contribution in [1.82, 2.24) is 5.32 Å². The number of hydrogen-bond donors (Lipinski definition) is 2. The molecule has 0 bridgehead atoms. The molecule has 86 valence electrons. The Bertz CT molecular complexity index is 374. The average Bonchev–Trinajstić information content (AvgIpc) is 2.25. The van der Waals surface area contributed by atoms with Crippen LogP contribution < -0.4 is 10.6 Å². The van der Waals surface area contributed by atoms with Crippen LogP contribution >= 0.6 is 0 Å². The molecule has 0 aliphatic carbocycles. The molecule has 2 N–H and O–H groups in total. The number of rotatable bonds is 5. The topological polar surface area (TPSA) is 41.1 Å². The number of anilines is 1. The third-order valence-corrected chi connectivity index (χ3v) is 2.22. The molecule has 0 saturated carbocycles. The van der Waals surface area contributed by atoms with E-state index in [1.807, 2.05) is 38.1 Å². The number of aryl methyl sites for hydroxylation is 1. The third-order valence-electron chi connectivity index (χ3n) is 2.22. The predicted molar refractivity (Wildman–Crippen MR) is 67.5 cm³/mol. The van der Waals surface area contributed by atoms with E-state index in [4.69, 9.17) is 0 Å². The Kier molecular flexibility index (Phi) is 4.58. The lowest BCUT2D eigenvalue weighted by atomic mass is 10.2. The molecular weight excluding hydrogens is 200 g/mol. The van der Waals surface area contributed by atoms with Gasteiger partial charge >= 0.3 is 0 Å². The molecule has 0 heterocycles. The minimum Gasteiger partial charge on any atom is -0.374 e. The van der Waals surface area contributed by atoms with Crippen LogP contribution in [0.2, 0.25) is 0 Å². The van der Waals surface area contributed by atoms with Gasteiger partial charge in [0, 0.05) is 12.2 Å². The Hall–Kier alpha value is -1.77. The highest BCUT2D eigenvalue weighted by molar-refractivity contribution is 5.84. The highest BCUT2D eigenvalue weighted by Gasteiger charge is 2.10. The van der Waals surface area contributed by atoms with Crippen molar-refractivity contribution in [2.75, 3.05) is 11.9 Å². The fraction of sp³-hybridized carbons (Fsp3) is 0.308. The average molecular weight is 218 g/mol. The predicted octanol–water partition coefficient (Wildman–Crippen LogP) is 2.10. The number of nitrogens with one attached hydrogen (secondary N) is 2. The number of carbonyl (C=O) groups excluding carboxylic acids is 1. The quantitative estimate of drug-likeness (QED) is 0.743. The maximum atomic E-state index is 11.6. The zero-order chi connectivity index (χ0) is 12.0. The monoisotopic (exact) mass is 218 g/mol. The van der Waals surface area contributed by atoms with Crippen molar-refractivity contribution < 1.29 is 4.79 Å². The van der Waals surface area contributed by atoms with Crippen LogP contribution in [0.5, 0.6) is 0 Å². The molecule has 0 saturated heterocycles. The van der Waals surface area contributed by atoms with Crippen molar-refractivity contribution in [3.8, 4) is 0 Å². The van der Waals surface area contributed by atoms with Gasteiger partial charge in [0.05, 0.1) is 0 Å². The summed E-state index contributed by atoms with van der Waals surface area (Å²) in [7, 11) is 0. The SMILES string of the molecule is C=CCNC(=O)[C@H](C)Nc1cccc(C)c1. The molecule has 0 aliphatic rings. The standard InChI is InChI=1S/C13H18N2O/c1-4-8-14-13(16)11(3)15-12-7-5-6-10(2)9-12/h4-7,9,11,15H,1,8H2,2-3H3,(H,14,16)/t11-/m0/s1. The van der Waals surface area contributed by atoms with Crippen molar-refractivity contribution in [3.05, 3.63) is 42.5 Å². The fourth-order valence-electron chi connectivity index (χ4n) is 1.38. The molecule has 0 radical (unpaired) electrons. The first-order valence-corrected chi connectivity index (χ1v) is 5.35. The lowest BCUT2D eigenvalue weighted by Crippen LogP contribution is -2.37. The van der Waals surface area contributed by atoms with Crippen LogP contribution in [-0.2, 0) is 4.79 Å². The van der Waals surface area contributed by atoms with E-state index >= 15 is 0 Å². The first-order chi connectivity index (χ1) is 7.63. The molecule has 16 heavy (non-hydrogen) atoms. The van der Waals surface area contributed by atoms with Crippen LogP contribution in [-0.4, -0.2) is 18.5 Å². The minimum atomic E-state index is -0.248. The van der Waals surface area contributed by atoms with Crippen LogP contribution in [0.4, 0.5) is 5.69 Å². The molecule has 1 aromatic carbocycles. The molecule has 0 unspecified atom stereocenters. The van der Waals surface area contributed by atoms with Gasteiger partial charge in [0.2, 0.25) is 5.91 Å². The normalized spacial score (nSPS) is 11.6. The van der Waals surface area contributed by atoms with Gasteiger partial charge in [0.25, 0.3) is 0 Å². The molecule has 0 aromatic heterocycles. The summed E-state index contributed by atoms with van der Waals surface area (Å²) in [5.41, 5.74) is 2.13. The van der Waals surface area contributed by atoms with Gasteiger partial charge in [-0.05, 0) is 31.5 Å². The van der Waals surface area contributed by atoms with Gasteiger partial charge in [-0.3, -0.25) is 4.79 Å². The fourth-order valence-corrected chi connectivity index (χ4v) is 1.38. The van der Waals surface area contributed by atoms with E-state index in [1.54, 1.807) is 6.08 Å². The van der Waals surface area contributed by atoms with Gasteiger partial charge in [-0.25, -0.2) is 0 Å². The van der Waals surface area contributed by atoms with E-state index in [2.05, 4.69) is 17.2 Å². The van der Waals surface area contributed by atoms with E-state index in [0.717, 1.165) is 5.69 Å². The van der Waals surface area contributed by atoms with E-state index in [9.17, 15) is 4.79 Å². The van der Waals surface area contributed by atoms with Crippen LogP contribution in [0.1, 0.15) is 12.5 Å². The maximum absolute atomic E-state index is 11.6. The summed E-state index contributed by atoms with van der Waals surface area (Å²) in [5.74, 6) is -0.0265. The number of benzene rings is 1. The van der Waals surface area contributed by atoms with Crippen LogP contribution in [0.15, 0.2) is 36.9 Å². The lowest BCUT2D eigenvalue weighted by Gasteiger charge is -2.14. The van der Waals surface area contributed by atoms with Crippen LogP contribution in [0, 0.1) is 6.92 Å². The zero-order valence-electron chi connectivity index (χ0n) is 9.79. The highest BCUT2D eigenvalue weighted by Crippen LogP contribution is 2.10. The van der Waals surface area contributed by atoms with E-state index < -0.39 is 0 Å². The molecule has 0 fully saturated rings. The Morgan fingerprint density at radius 1 is 1.56 bits per heavy atom. The molecule has 3 nitrogen and oxygen atoms in total. The van der Waals surface area contributed by atoms with Crippen LogP contribution in [0.25, 0.3) is 0 Å². The zero-order valence-corrected chi connectivity index (χ0v) is 9.79. The summed E-state index contributed by atoms with van der Waals surface area (Å²) in [5, 5.41) is 5.89. The van der Waals surface area contributed by atoms with Gasteiger partial charge in [-0.2, -0.15) is 0 Å². The second-order valence-corrected chi connectivity index (χ2v) is 3.77. The summed E-state index contributed by atoms with van der Waals surface area (Å²) in [6.07, 6.45) is 1.66. The molecule has 1 amide bonds. The van der Waals surface area contributed by atoms with E-state index in [0.29, 0.717) is 6.54 Å². The summed E-state index contributed by atoms with van der Waals surface area (Å²) in [6.45, 7) is 7.91. The van der Waals surface area contributed by atoms with Crippen molar-refractivity contribution in [2.24, 2.45) is 0 Å². The lowest BCUT2D eigenvalue weighted by molar-refractivity contribution is -0.121. The Balaban J connectivity index is 2.53. The van der Waals surface area contributed by atoms with Gasteiger partial charge in [0.15, 0.2) is 0 Å². The van der Waals surface area contributed by atoms with Crippen molar-refractivity contribution >= 4 is 11.6 Å². The van der Waals surface area contributed by atoms with E-state index in [1.165, 1.54) is 5.56 Å². The first-order valence-electron chi connectivity index (χ1n) is 5.35. The first kappa shape index (κ1) is 12.3. The molecular formula is C13H18N2O. The van der Waals surface area contributed by atoms with Crippen molar-refractivity contribution in [2.45, 2.75) is 19.9 Å². The molecule has 1 atom stereocenters. The second kappa shape index (κ2) is 5.95. The van der Waals surface area contributed by atoms with Gasteiger partial charge in [-0.15, -0.1) is 6.58 Å². The van der Waals surface area contributed by atoms with E-state index in [-0.39, 0.29) is 11.9 Å². The highest BCUT2D eigenvalue weighted by atomic mass is 16.2. The maximum Gasteiger partial charge on any atom is 0.242 e. The summed E-state index contributed by atoms with van der Waals surface area (Å²) in [4.78, 5) is 11.6. The molecule has 3 heteroatoms. The molecule has 1 rings (SSSR count). The number of carbonyl (C=O) groups is 1. The molecule has 0 spiro atoms. The molecule has 0 aliphatic heterocycles. The largest absolute Gasteiger partial charge is 0.374 e. The van der Waals surface area contributed by atoms with Gasteiger partial charge in [-0.1, -0.05) is 18.2 Å². The Labute approximate surface area is 96.6 Å². The summed E-state index contributed by atoms with van der Waals surface area (Å²) < 4.78 is 0. The third kappa shape index (κ3) is 3.77. The molecule has 1 aromatic rings. The summed E-state index contributed by atoms with van der Waals surface area (Å²) >= 11 is 0. The second-order valence-electron chi connectivity index (χ2n) is 3.77. The Morgan fingerprint density at radius 3 is 2.94 bits per heavy atom. The minimum absolute atomic E-state index is 0.0265.